The summed E-state index contributed by atoms with van der Waals surface area (Å²) in [5.74, 6) is 0. The molecule has 1 aromatic carbocycles. The first kappa shape index (κ1) is 13.3. The van der Waals surface area contributed by atoms with Gasteiger partial charge in [0, 0.05) is 5.69 Å². The molecule has 1 nitrogen and oxygen atoms in total. The maximum atomic E-state index is 5.84. The number of hydrogen-bond acceptors (Lipinski definition) is 1. The molecule has 0 unspecified atom stereocenters. The summed E-state index contributed by atoms with van der Waals surface area (Å²) in [6.07, 6.45) is 6.36. The third-order valence-corrected chi connectivity index (χ3v) is 2.35. The van der Waals surface area contributed by atoms with Crippen molar-refractivity contribution in [2.75, 3.05) is 5.73 Å². The average Bonchev–Trinajstić information content (AvgIpc) is 2.15. The van der Waals surface area contributed by atoms with Gasteiger partial charge in [0.2, 0.25) is 0 Å². The first-order valence-electron chi connectivity index (χ1n) is 5.18. The van der Waals surface area contributed by atoms with Crippen LogP contribution >= 0.6 is 12.4 Å². The van der Waals surface area contributed by atoms with E-state index in [1.807, 2.05) is 12.1 Å². The Hall–Kier alpha value is -0.690. The zero-order valence-corrected chi connectivity index (χ0v) is 9.65. The Balaban J connectivity index is 0.00000169. The van der Waals surface area contributed by atoms with Crippen LogP contribution in [0.1, 0.15) is 38.2 Å². The first-order chi connectivity index (χ1) is 6.34. The van der Waals surface area contributed by atoms with Gasteiger partial charge in [0.1, 0.15) is 0 Å². The van der Waals surface area contributed by atoms with Crippen molar-refractivity contribution in [3.05, 3.63) is 29.8 Å². The molecular formula is C12H20ClN. The smallest absolute Gasteiger partial charge is 0.0346 e. The molecule has 14 heavy (non-hydrogen) atoms. The molecule has 2 N–H and O–H groups in total. The minimum Gasteiger partial charge on any atom is -0.399 e. The van der Waals surface area contributed by atoms with Crippen molar-refractivity contribution in [1.82, 2.24) is 0 Å². The predicted molar refractivity (Wildman–Crippen MR) is 65.9 cm³/mol. The molecular weight excluding hydrogens is 194 g/mol. The van der Waals surface area contributed by atoms with E-state index >= 15 is 0 Å². The van der Waals surface area contributed by atoms with Gasteiger partial charge >= 0.3 is 0 Å². The van der Waals surface area contributed by atoms with E-state index in [1.54, 1.807) is 0 Å². The standard InChI is InChI=1S/C12H19N.ClH/c1-2-3-4-5-8-11-9-6-7-10-12(11)13;/h6-7,9-10H,2-5,8,13H2,1H3;1H. The average molecular weight is 214 g/mol. The summed E-state index contributed by atoms with van der Waals surface area (Å²) in [4.78, 5) is 0. The Labute approximate surface area is 93.1 Å². The van der Waals surface area contributed by atoms with Gasteiger partial charge in [-0.2, -0.15) is 0 Å². The Bertz CT molecular complexity index is 248. The molecule has 1 aromatic rings. The van der Waals surface area contributed by atoms with Crippen molar-refractivity contribution >= 4 is 18.1 Å². The van der Waals surface area contributed by atoms with E-state index in [9.17, 15) is 0 Å². The van der Waals surface area contributed by atoms with Gasteiger partial charge in [-0.1, -0.05) is 44.4 Å². The van der Waals surface area contributed by atoms with E-state index in [0.29, 0.717) is 0 Å². The lowest BCUT2D eigenvalue weighted by Gasteiger charge is -2.04. The van der Waals surface area contributed by atoms with Gasteiger partial charge in [0.25, 0.3) is 0 Å². The van der Waals surface area contributed by atoms with E-state index in [1.165, 1.54) is 31.2 Å². The third-order valence-electron chi connectivity index (χ3n) is 2.35. The highest BCUT2D eigenvalue weighted by atomic mass is 35.5. The summed E-state index contributed by atoms with van der Waals surface area (Å²) < 4.78 is 0. The summed E-state index contributed by atoms with van der Waals surface area (Å²) in [5, 5.41) is 0. The number of anilines is 1. The van der Waals surface area contributed by atoms with Gasteiger partial charge in [0.15, 0.2) is 0 Å². The zero-order valence-electron chi connectivity index (χ0n) is 8.83. The van der Waals surface area contributed by atoms with Crippen molar-refractivity contribution in [2.45, 2.75) is 39.0 Å². The topological polar surface area (TPSA) is 26.0 Å². The number of benzene rings is 1. The van der Waals surface area contributed by atoms with Gasteiger partial charge in [-0.15, -0.1) is 12.4 Å². The normalized spacial score (nSPS) is 9.50. The molecule has 0 atom stereocenters. The highest BCUT2D eigenvalue weighted by molar-refractivity contribution is 5.85. The van der Waals surface area contributed by atoms with Crippen molar-refractivity contribution < 1.29 is 0 Å². The van der Waals surface area contributed by atoms with E-state index in [-0.39, 0.29) is 12.4 Å². The molecule has 0 bridgehead atoms. The molecule has 0 amide bonds. The molecule has 0 saturated heterocycles. The molecule has 2 heteroatoms. The van der Waals surface area contributed by atoms with E-state index < -0.39 is 0 Å². The lowest BCUT2D eigenvalue weighted by Crippen LogP contribution is -1.93. The molecule has 0 aromatic heterocycles. The number of unbranched alkanes of at least 4 members (excludes halogenated alkanes) is 3. The van der Waals surface area contributed by atoms with E-state index in [2.05, 4.69) is 19.1 Å². The largest absolute Gasteiger partial charge is 0.399 e. The summed E-state index contributed by atoms with van der Waals surface area (Å²) in [5.41, 5.74) is 8.08. The Kier molecular flexibility index (Phi) is 7.31. The van der Waals surface area contributed by atoms with Gasteiger partial charge < -0.3 is 5.73 Å². The van der Waals surface area contributed by atoms with Gasteiger partial charge in [-0.05, 0) is 24.5 Å². The first-order valence-corrected chi connectivity index (χ1v) is 5.18. The molecule has 1 rings (SSSR count). The van der Waals surface area contributed by atoms with Crippen LogP contribution in [0.4, 0.5) is 5.69 Å². The molecule has 0 aliphatic rings. The Morgan fingerprint density at radius 3 is 2.43 bits per heavy atom. The minimum absolute atomic E-state index is 0. The molecule has 0 saturated carbocycles. The van der Waals surface area contributed by atoms with Crippen LogP contribution in [-0.2, 0) is 6.42 Å². The SMILES string of the molecule is CCCCCCc1ccccc1N.Cl. The molecule has 0 aliphatic carbocycles. The van der Waals surface area contributed by atoms with Crippen molar-refractivity contribution in [1.29, 1.82) is 0 Å². The molecule has 0 spiro atoms. The summed E-state index contributed by atoms with van der Waals surface area (Å²) in [7, 11) is 0. The number of hydrogen-bond donors (Lipinski definition) is 1. The fourth-order valence-corrected chi connectivity index (χ4v) is 1.50. The van der Waals surface area contributed by atoms with Gasteiger partial charge in [0.05, 0.1) is 0 Å². The highest BCUT2D eigenvalue weighted by Crippen LogP contribution is 2.14. The van der Waals surface area contributed by atoms with Crippen LogP contribution in [0.3, 0.4) is 0 Å². The van der Waals surface area contributed by atoms with Crippen LogP contribution in [0.15, 0.2) is 24.3 Å². The maximum absolute atomic E-state index is 5.84. The van der Waals surface area contributed by atoms with Crippen LogP contribution in [0.2, 0.25) is 0 Å². The van der Waals surface area contributed by atoms with Crippen LogP contribution in [0.5, 0.6) is 0 Å². The third kappa shape index (κ3) is 4.52. The molecule has 0 fully saturated rings. The monoisotopic (exact) mass is 213 g/mol. The molecule has 0 heterocycles. The van der Waals surface area contributed by atoms with Crippen LogP contribution in [-0.4, -0.2) is 0 Å². The number of rotatable bonds is 5. The number of nitrogen functional groups attached to an aromatic ring is 1. The second-order valence-corrected chi connectivity index (χ2v) is 3.51. The van der Waals surface area contributed by atoms with Gasteiger partial charge in [-0.3, -0.25) is 0 Å². The summed E-state index contributed by atoms with van der Waals surface area (Å²) in [6.45, 7) is 2.23. The second kappa shape index (κ2) is 7.69. The minimum atomic E-state index is 0. The second-order valence-electron chi connectivity index (χ2n) is 3.51. The Morgan fingerprint density at radius 1 is 1.07 bits per heavy atom. The number of nitrogens with two attached hydrogens (primary N) is 1. The fraction of sp³-hybridized carbons (Fsp3) is 0.500. The quantitative estimate of drug-likeness (QED) is 0.584. The van der Waals surface area contributed by atoms with Crippen LogP contribution < -0.4 is 5.73 Å². The lowest BCUT2D eigenvalue weighted by atomic mass is 10.1. The summed E-state index contributed by atoms with van der Waals surface area (Å²) >= 11 is 0. The fourth-order valence-electron chi connectivity index (χ4n) is 1.50. The Morgan fingerprint density at radius 2 is 1.79 bits per heavy atom. The van der Waals surface area contributed by atoms with Crippen molar-refractivity contribution in [2.24, 2.45) is 0 Å². The van der Waals surface area contributed by atoms with Crippen molar-refractivity contribution in [3.8, 4) is 0 Å². The molecule has 0 aliphatic heterocycles. The maximum Gasteiger partial charge on any atom is 0.0346 e. The van der Waals surface area contributed by atoms with E-state index in [0.717, 1.165) is 12.1 Å². The summed E-state index contributed by atoms with van der Waals surface area (Å²) in [6, 6.07) is 8.16. The van der Waals surface area contributed by atoms with Crippen LogP contribution in [0, 0.1) is 0 Å². The number of para-hydroxylation sites is 1. The molecule has 0 radical (unpaired) electrons. The van der Waals surface area contributed by atoms with E-state index in [4.69, 9.17) is 5.73 Å². The highest BCUT2D eigenvalue weighted by Gasteiger charge is 1.96. The van der Waals surface area contributed by atoms with Crippen LogP contribution in [0.25, 0.3) is 0 Å². The molecule has 80 valence electrons. The lowest BCUT2D eigenvalue weighted by molar-refractivity contribution is 0.667. The van der Waals surface area contributed by atoms with Crippen molar-refractivity contribution in [3.63, 3.8) is 0 Å². The number of aryl methyl sites for hydroxylation is 1. The predicted octanol–water partition coefficient (Wildman–Crippen LogP) is 3.81. The number of halogens is 1. The zero-order chi connectivity index (χ0) is 9.52. The van der Waals surface area contributed by atoms with Gasteiger partial charge in [-0.25, -0.2) is 0 Å².